The number of hydrogen-bond donors (Lipinski definition) is 3. The fourth-order valence-electron chi connectivity index (χ4n) is 2.64. The van der Waals surface area contributed by atoms with Gasteiger partial charge in [0.2, 0.25) is 5.96 Å². The number of anilines is 1. The number of sulfonamides is 1. The second-order valence-electron chi connectivity index (χ2n) is 5.92. The van der Waals surface area contributed by atoms with Crippen LogP contribution in [-0.2, 0) is 16.6 Å². The second kappa shape index (κ2) is 7.57. The SMILES string of the molecule is O=c1[nH]ccnc1CN=C1Nc2c(Oc3ccccc3Cl)cccc2S(=O)(=O)N1. The lowest BCUT2D eigenvalue weighted by Crippen LogP contribution is -2.41. The zero-order chi connectivity index (χ0) is 20.4. The number of rotatable bonds is 4. The first-order valence-electron chi connectivity index (χ1n) is 8.36. The summed E-state index contributed by atoms with van der Waals surface area (Å²) < 4.78 is 33.4. The van der Waals surface area contributed by atoms with E-state index in [0.29, 0.717) is 10.8 Å². The molecule has 148 valence electrons. The predicted octanol–water partition coefficient (Wildman–Crippen LogP) is 2.48. The number of aliphatic imine (C=N–C) groups is 1. The van der Waals surface area contributed by atoms with Crippen LogP contribution < -0.4 is 20.3 Å². The lowest BCUT2D eigenvalue weighted by molar-refractivity contribution is 0.483. The zero-order valence-electron chi connectivity index (χ0n) is 14.7. The van der Waals surface area contributed by atoms with Crippen LogP contribution in [0.4, 0.5) is 5.69 Å². The number of guanidine groups is 1. The van der Waals surface area contributed by atoms with Gasteiger partial charge in [0.1, 0.15) is 22.0 Å². The van der Waals surface area contributed by atoms with Crippen LogP contribution in [0.5, 0.6) is 11.5 Å². The van der Waals surface area contributed by atoms with E-state index in [4.69, 9.17) is 16.3 Å². The molecule has 0 saturated carbocycles. The van der Waals surface area contributed by atoms with Crippen molar-refractivity contribution < 1.29 is 13.2 Å². The number of fused-ring (bicyclic) bond motifs is 1. The van der Waals surface area contributed by atoms with Gasteiger partial charge in [-0.1, -0.05) is 29.8 Å². The van der Waals surface area contributed by atoms with Crippen LogP contribution in [0.3, 0.4) is 0 Å². The third-order valence-corrected chi connectivity index (χ3v) is 5.67. The summed E-state index contributed by atoms with van der Waals surface area (Å²) in [4.78, 5) is 22.3. The topological polar surface area (TPSA) is 126 Å². The van der Waals surface area contributed by atoms with Crippen molar-refractivity contribution in [2.45, 2.75) is 11.4 Å². The molecular formula is C18H14ClN5O4S. The van der Waals surface area contributed by atoms with Gasteiger partial charge in [-0.25, -0.2) is 18.1 Å². The standard InChI is InChI=1S/C18H14ClN5O4S/c19-11-4-1-2-5-13(11)28-14-6-3-7-15-16(14)23-18(24-29(15,26)27)22-10-12-17(25)21-9-8-20-12/h1-9H,10H2,(H,21,25)(H2,22,23,24). The van der Waals surface area contributed by atoms with Gasteiger partial charge in [0.05, 0.1) is 11.6 Å². The second-order valence-corrected chi connectivity index (χ2v) is 7.98. The normalized spacial score (nSPS) is 15.8. The number of aromatic nitrogens is 2. The quantitative estimate of drug-likeness (QED) is 0.582. The Morgan fingerprint density at radius 3 is 2.69 bits per heavy atom. The van der Waals surface area contributed by atoms with Crippen LogP contribution in [0, 0.1) is 0 Å². The van der Waals surface area contributed by atoms with Crippen molar-refractivity contribution in [2.75, 3.05) is 5.32 Å². The van der Waals surface area contributed by atoms with Gasteiger partial charge < -0.3 is 15.0 Å². The van der Waals surface area contributed by atoms with Gasteiger partial charge in [-0.05, 0) is 24.3 Å². The largest absolute Gasteiger partial charge is 0.454 e. The smallest absolute Gasteiger partial charge is 0.271 e. The molecule has 3 N–H and O–H groups in total. The first-order valence-corrected chi connectivity index (χ1v) is 10.2. The highest BCUT2D eigenvalue weighted by molar-refractivity contribution is 7.90. The highest BCUT2D eigenvalue weighted by Crippen LogP contribution is 2.38. The molecule has 11 heteroatoms. The molecule has 0 aliphatic carbocycles. The van der Waals surface area contributed by atoms with Gasteiger partial charge >= 0.3 is 0 Å². The van der Waals surface area contributed by atoms with Crippen LogP contribution >= 0.6 is 11.6 Å². The molecule has 9 nitrogen and oxygen atoms in total. The van der Waals surface area contributed by atoms with E-state index in [-0.39, 0.29) is 34.5 Å². The molecule has 2 heterocycles. The lowest BCUT2D eigenvalue weighted by Gasteiger charge is -2.23. The minimum atomic E-state index is -3.89. The number of ether oxygens (including phenoxy) is 1. The Hall–Kier alpha value is -3.37. The van der Waals surface area contributed by atoms with Gasteiger partial charge in [0, 0.05) is 12.4 Å². The molecule has 0 unspecified atom stereocenters. The number of halogens is 1. The maximum absolute atomic E-state index is 12.6. The van der Waals surface area contributed by atoms with Crippen LogP contribution in [0.25, 0.3) is 0 Å². The van der Waals surface area contributed by atoms with Crippen LogP contribution in [0.15, 0.2) is 69.5 Å². The monoisotopic (exact) mass is 431 g/mol. The van der Waals surface area contributed by atoms with Crippen LogP contribution in [0.1, 0.15) is 5.69 Å². The van der Waals surface area contributed by atoms with Crippen molar-refractivity contribution in [1.82, 2.24) is 14.7 Å². The van der Waals surface area contributed by atoms with E-state index in [1.807, 2.05) is 0 Å². The van der Waals surface area contributed by atoms with Gasteiger partial charge in [0.15, 0.2) is 5.75 Å². The summed E-state index contributed by atoms with van der Waals surface area (Å²) in [6.07, 6.45) is 2.81. The van der Waals surface area contributed by atoms with E-state index >= 15 is 0 Å². The summed E-state index contributed by atoms with van der Waals surface area (Å²) in [6.45, 7) is -0.121. The average molecular weight is 432 g/mol. The molecule has 0 saturated heterocycles. The van der Waals surface area contributed by atoms with Gasteiger partial charge in [-0.15, -0.1) is 0 Å². The van der Waals surface area contributed by atoms with Crippen LogP contribution in [-0.4, -0.2) is 24.3 Å². The van der Waals surface area contributed by atoms with E-state index in [1.54, 1.807) is 36.4 Å². The highest BCUT2D eigenvalue weighted by Gasteiger charge is 2.29. The van der Waals surface area contributed by atoms with Crippen molar-refractivity contribution in [3.05, 3.63) is 75.9 Å². The molecule has 0 fully saturated rings. The van der Waals surface area contributed by atoms with Crippen LogP contribution in [0.2, 0.25) is 5.02 Å². The molecule has 29 heavy (non-hydrogen) atoms. The molecule has 0 amide bonds. The number of hydrogen-bond acceptors (Lipinski definition) is 6. The fourth-order valence-corrected chi connectivity index (χ4v) is 3.97. The Bertz CT molecular complexity index is 1270. The summed E-state index contributed by atoms with van der Waals surface area (Å²) in [5.41, 5.74) is -0.0501. The van der Waals surface area contributed by atoms with Crippen molar-refractivity contribution in [2.24, 2.45) is 4.99 Å². The van der Waals surface area contributed by atoms with E-state index in [2.05, 4.69) is 25.0 Å². The maximum atomic E-state index is 12.6. The van der Waals surface area contributed by atoms with Crippen molar-refractivity contribution in [1.29, 1.82) is 0 Å². The molecule has 3 aromatic rings. The van der Waals surface area contributed by atoms with Crippen molar-refractivity contribution in [3.8, 4) is 11.5 Å². The molecule has 1 aliphatic rings. The molecule has 0 spiro atoms. The minimum absolute atomic E-state index is 0.00307. The summed E-state index contributed by atoms with van der Waals surface area (Å²) in [5.74, 6) is 0.570. The first kappa shape index (κ1) is 19.0. The number of aromatic amines is 1. The fraction of sp³-hybridized carbons (Fsp3) is 0.0556. The molecular weight excluding hydrogens is 418 g/mol. The lowest BCUT2D eigenvalue weighted by atomic mass is 10.2. The van der Waals surface area contributed by atoms with E-state index < -0.39 is 15.6 Å². The Kier molecular flexibility index (Phi) is 4.95. The molecule has 1 aliphatic heterocycles. The molecule has 0 atom stereocenters. The first-order chi connectivity index (χ1) is 13.9. The van der Waals surface area contributed by atoms with E-state index in [9.17, 15) is 13.2 Å². The van der Waals surface area contributed by atoms with E-state index in [0.717, 1.165) is 0 Å². The summed E-state index contributed by atoms with van der Waals surface area (Å²) in [5, 5.41) is 3.28. The summed E-state index contributed by atoms with van der Waals surface area (Å²) in [7, 11) is -3.89. The minimum Gasteiger partial charge on any atom is -0.454 e. The van der Waals surface area contributed by atoms with Gasteiger partial charge in [-0.3, -0.25) is 9.78 Å². The third kappa shape index (κ3) is 3.93. The Balaban J connectivity index is 1.70. The van der Waals surface area contributed by atoms with Gasteiger partial charge in [-0.2, -0.15) is 0 Å². The zero-order valence-corrected chi connectivity index (χ0v) is 16.3. The number of nitrogens with one attached hydrogen (secondary N) is 3. The number of nitrogens with zero attached hydrogens (tertiary/aromatic N) is 2. The Morgan fingerprint density at radius 1 is 1.10 bits per heavy atom. The molecule has 1 aromatic heterocycles. The Labute approximate surface area is 170 Å². The molecule has 0 radical (unpaired) electrons. The number of para-hydroxylation sites is 2. The Morgan fingerprint density at radius 2 is 1.90 bits per heavy atom. The summed E-state index contributed by atoms with van der Waals surface area (Å²) in [6, 6.07) is 11.4. The van der Waals surface area contributed by atoms with Gasteiger partial charge in [0.25, 0.3) is 15.6 Å². The maximum Gasteiger partial charge on any atom is 0.271 e. The number of benzene rings is 2. The average Bonchev–Trinajstić information content (AvgIpc) is 2.69. The van der Waals surface area contributed by atoms with Crippen molar-refractivity contribution in [3.63, 3.8) is 0 Å². The molecule has 0 bridgehead atoms. The third-order valence-electron chi connectivity index (χ3n) is 3.98. The number of H-pyrrole nitrogens is 1. The van der Waals surface area contributed by atoms with E-state index in [1.165, 1.54) is 18.5 Å². The van der Waals surface area contributed by atoms with Crippen molar-refractivity contribution >= 4 is 33.3 Å². The highest BCUT2D eigenvalue weighted by atomic mass is 35.5. The predicted molar refractivity (Wildman–Crippen MR) is 108 cm³/mol. The molecule has 4 rings (SSSR count). The molecule has 2 aromatic carbocycles. The summed E-state index contributed by atoms with van der Waals surface area (Å²) >= 11 is 6.14.